The largest absolute Gasteiger partial charge is 0.465 e. The lowest BCUT2D eigenvalue weighted by atomic mass is 9.92. The summed E-state index contributed by atoms with van der Waals surface area (Å²) in [6.07, 6.45) is 7.05. The monoisotopic (exact) mass is 340 g/mol. The van der Waals surface area contributed by atoms with Gasteiger partial charge in [0.05, 0.1) is 6.10 Å². The molecule has 25 heavy (non-hydrogen) atoms. The van der Waals surface area contributed by atoms with Crippen molar-refractivity contribution < 1.29 is 9.47 Å². The Kier molecular flexibility index (Phi) is 5.68. The first kappa shape index (κ1) is 18.3. The van der Waals surface area contributed by atoms with Gasteiger partial charge in [-0.15, -0.1) is 0 Å². The molecule has 2 heteroatoms. The Balaban J connectivity index is 1.76. The van der Waals surface area contributed by atoms with Crippen LogP contribution in [-0.2, 0) is 11.2 Å². The van der Waals surface area contributed by atoms with Crippen LogP contribution in [0.15, 0.2) is 36.4 Å². The SMILES string of the molecule is CCc1ccc2cc(OC(CC(C)(C)C)OC3CCCC3)ccc2c1. The van der Waals surface area contributed by atoms with Crippen molar-refractivity contribution in [1.82, 2.24) is 0 Å². The molecule has 3 rings (SSSR count). The molecule has 2 nitrogen and oxygen atoms in total. The van der Waals surface area contributed by atoms with E-state index in [2.05, 4.69) is 64.1 Å². The maximum Gasteiger partial charge on any atom is 0.200 e. The number of benzene rings is 2. The van der Waals surface area contributed by atoms with Crippen molar-refractivity contribution in [2.75, 3.05) is 0 Å². The van der Waals surface area contributed by atoms with Crippen LogP contribution in [0.1, 0.15) is 65.4 Å². The lowest BCUT2D eigenvalue weighted by Crippen LogP contribution is -2.30. The van der Waals surface area contributed by atoms with E-state index in [0.717, 1.165) is 18.6 Å². The molecule has 1 unspecified atom stereocenters. The fourth-order valence-electron chi connectivity index (χ4n) is 3.57. The third kappa shape index (κ3) is 5.22. The number of ether oxygens (including phenoxy) is 2. The van der Waals surface area contributed by atoms with Crippen molar-refractivity contribution in [3.8, 4) is 5.75 Å². The topological polar surface area (TPSA) is 18.5 Å². The van der Waals surface area contributed by atoms with Crippen LogP contribution < -0.4 is 4.74 Å². The van der Waals surface area contributed by atoms with Gasteiger partial charge in [0.2, 0.25) is 6.29 Å². The molecule has 2 aromatic rings. The van der Waals surface area contributed by atoms with E-state index in [4.69, 9.17) is 9.47 Å². The van der Waals surface area contributed by atoms with E-state index in [0.29, 0.717) is 6.10 Å². The highest BCUT2D eigenvalue weighted by molar-refractivity contribution is 5.84. The van der Waals surface area contributed by atoms with E-state index >= 15 is 0 Å². The molecule has 0 bridgehead atoms. The van der Waals surface area contributed by atoms with Crippen LogP contribution in [0.2, 0.25) is 0 Å². The second-order valence-corrected chi connectivity index (χ2v) is 8.55. The summed E-state index contributed by atoms with van der Waals surface area (Å²) in [6.45, 7) is 8.92. The third-order valence-corrected chi connectivity index (χ3v) is 4.98. The van der Waals surface area contributed by atoms with Gasteiger partial charge in [0.1, 0.15) is 5.75 Å². The third-order valence-electron chi connectivity index (χ3n) is 4.98. The smallest absolute Gasteiger partial charge is 0.200 e. The molecule has 1 atom stereocenters. The maximum atomic E-state index is 6.32. The zero-order valence-electron chi connectivity index (χ0n) is 16.2. The summed E-state index contributed by atoms with van der Waals surface area (Å²) >= 11 is 0. The van der Waals surface area contributed by atoms with Gasteiger partial charge in [-0.1, -0.05) is 64.8 Å². The van der Waals surface area contributed by atoms with Gasteiger partial charge in [-0.2, -0.15) is 0 Å². The van der Waals surface area contributed by atoms with Gasteiger partial charge in [-0.3, -0.25) is 0 Å². The van der Waals surface area contributed by atoms with Crippen LogP contribution in [-0.4, -0.2) is 12.4 Å². The number of hydrogen-bond acceptors (Lipinski definition) is 2. The van der Waals surface area contributed by atoms with E-state index in [9.17, 15) is 0 Å². The molecule has 136 valence electrons. The Morgan fingerprint density at radius 1 is 1.00 bits per heavy atom. The van der Waals surface area contributed by atoms with Gasteiger partial charge in [-0.05, 0) is 53.1 Å². The minimum absolute atomic E-state index is 0.171. The molecule has 0 spiro atoms. The van der Waals surface area contributed by atoms with Crippen LogP contribution in [0, 0.1) is 5.41 Å². The summed E-state index contributed by atoms with van der Waals surface area (Å²) in [5.41, 5.74) is 1.55. The molecule has 0 N–H and O–H groups in total. The van der Waals surface area contributed by atoms with E-state index in [1.54, 1.807) is 0 Å². The number of rotatable bonds is 6. The molecule has 0 aliphatic heterocycles. The molecular formula is C23H32O2. The van der Waals surface area contributed by atoms with E-state index in [1.165, 1.54) is 42.0 Å². The Bertz CT molecular complexity index is 693. The highest BCUT2D eigenvalue weighted by Crippen LogP contribution is 2.30. The fourth-order valence-corrected chi connectivity index (χ4v) is 3.57. The summed E-state index contributed by atoms with van der Waals surface area (Å²) in [6, 6.07) is 13.0. The summed E-state index contributed by atoms with van der Waals surface area (Å²) < 4.78 is 12.6. The zero-order chi connectivity index (χ0) is 17.9. The van der Waals surface area contributed by atoms with Crippen molar-refractivity contribution in [2.24, 2.45) is 5.41 Å². The molecule has 0 saturated heterocycles. The minimum atomic E-state index is -0.171. The minimum Gasteiger partial charge on any atom is -0.465 e. The van der Waals surface area contributed by atoms with E-state index in [-0.39, 0.29) is 11.7 Å². The quantitative estimate of drug-likeness (QED) is 0.559. The first-order valence-corrected chi connectivity index (χ1v) is 9.78. The highest BCUT2D eigenvalue weighted by Gasteiger charge is 2.26. The molecular weight excluding hydrogens is 308 g/mol. The van der Waals surface area contributed by atoms with E-state index in [1.807, 2.05) is 0 Å². The van der Waals surface area contributed by atoms with Gasteiger partial charge in [0.15, 0.2) is 0 Å². The molecule has 1 saturated carbocycles. The Hall–Kier alpha value is -1.54. The maximum absolute atomic E-state index is 6.32. The molecule has 1 aliphatic carbocycles. The predicted molar refractivity (Wildman–Crippen MR) is 105 cm³/mol. The van der Waals surface area contributed by atoms with Crippen LogP contribution in [0.4, 0.5) is 0 Å². The van der Waals surface area contributed by atoms with Crippen molar-refractivity contribution in [3.05, 3.63) is 42.0 Å². The van der Waals surface area contributed by atoms with Gasteiger partial charge >= 0.3 is 0 Å². The van der Waals surface area contributed by atoms with E-state index < -0.39 is 0 Å². The molecule has 0 aromatic heterocycles. The van der Waals surface area contributed by atoms with Gasteiger partial charge in [0, 0.05) is 6.42 Å². The van der Waals surface area contributed by atoms with Gasteiger partial charge in [0.25, 0.3) is 0 Å². The molecule has 1 fully saturated rings. The van der Waals surface area contributed by atoms with Crippen LogP contribution in [0.5, 0.6) is 5.75 Å². The van der Waals surface area contributed by atoms with Crippen molar-refractivity contribution in [2.45, 2.75) is 78.6 Å². The second kappa shape index (κ2) is 7.78. The molecule has 2 aromatic carbocycles. The predicted octanol–water partition coefficient (Wildman–Crippen LogP) is 6.50. The Morgan fingerprint density at radius 2 is 1.68 bits per heavy atom. The summed E-state index contributed by atoms with van der Waals surface area (Å²) in [4.78, 5) is 0. The van der Waals surface area contributed by atoms with Crippen molar-refractivity contribution in [1.29, 1.82) is 0 Å². The molecule has 1 aliphatic rings. The Morgan fingerprint density at radius 3 is 2.36 bits per heavy atom. The Labute approximate surface area is 152 Å². The normalized spacial score (nSPS) is 17.1. The summed E-state index contributed by atoms with van der Waals surface area (Å²) in [5.74, 6) is 0.906. The lowest BCUT2D eigenvalue weighted by molar-refractivity contribution is -0.132. The number of hydrogen-bond donors (Lipinski definition) is 0. The van der Waals surface area contributed by atoms with Crippen molar-refractivity contribution in [3.63, 3.8) is 0 Å². The first-order valence-electron chi connectivity index (χ1n) is 9.78. The first-order chi connectivity index (χ1) is 11.9. The summed E-state index contributed by atoms with van der Waals surface area (Å²) in [5, 5.41) is 2.50. The van der Waals surface area contributed by atoms with Crippen molar-refractivity contribution >= 4 is 10.8 Å². The van der Waals surface area contributed by atoms with Gasteiger partial charge < -0.3 is 9.47 Å². The molecule has 0 heterocycles. The lowest BCUT2D eigenvalue weighted by Gasteiger charge is -2.29. The van der Waals surface area contributed by atoms with Gasteiger partial charge in [-0.25, -0.2) is 0 Å². The molecule has 0 amide bonds. The molecule has 0 radical (unpaired) electrons. The van der Waals surface area contributed by atoms with Crippen LogP contribution in [0.25, 0.3) is 10.8 Å². The standard InChI is InChI=1S/C23H32O2/c1-5-17-10-11-19-15-21(13-12-18(19)14-17)25-22(16-23(2,3)4)24-20-8-6-7-9-20/h10-15,20,22H,5-9,16H2,1-4H3. The second-order valence-electron chi connectivity index (χ2n) is 8.55. The summed E-state index contributed by atoms with van der Waals surface area (Å²) in [7, 11) is 0. The zero-order valence-corrected chi connectivity index (χ0v) is 16.2. The number of fused-ring (bicyclic) bond motifs is 1. The highest BCUT2D eigenvalue weighted by atomic mass is 16.7. The average Bonchev–Trinajstić information content (AvgIpc) is 3.05. The van der Waals surface area contributed by atoms with Crippen LogP contribution >= 0.6 is 0 Å². The van der Waals surface area contributed by atoms with Crippen LogP contribution in [0.3, 0.4) is 0 Å². The number of aryl methyl sites for hydroxylation is 1. The average molecular weight is 341 g/mol. The fraction of sp³-hybridized carbons (Fsp3) is 0.565.